The van der Waals surface area contributed by atoms with Gasteiger partial charge in [0.05, 0.1) is 6.54 Å². The molecular weight excluding hydrogens is 134 g/mol. The number of nitrogens with zero attached hydrogens (tertiary/aromatic N) is 3. The Morgan fingerprint density at radius 3 is 3.11 bits per heavy atom. The third-order valence-corrected chi connectivity index (χ3v) is 1.31. The second kappa shape index (κ2) is 2.68. The fourth-order valence-electron chi connectivity index (χ4n) is 0.561. The SMILES string of the molecule is C=CCN1N=NCC1=S. The van der Waals surface area contributed by atoms with Gasteiger partial charge in [0.15, 0.2) is 0 Å². The highest BCUT2D eigenvalue weighted by atomic mass is 32.1. The molecule has 1 heterocycles. The maximum absolute atomic E-state index is 4.90. The molecule has 0 atom stereocenters. The summed E-state index contributed by atoms with van der Waals surface area (Å²) in [6.07, 6.45) is 1.75. The molecule has 0 unspecified atom stereocenters. The zero-order valence-electron chi connectivity index (χ0n) is 4.95. The molecule has 3 nitrogen and oxygen atoms in total. The first kappa shape index (κ1) is 6.35. The highest BCUT2D eigenvalue weighted by molar-refractivity contribution is 7.80. The molecule has 9 heavy (non-hydrogen) atoms. The Balaban J connectivity index is 2.48. The van der Waals surface area contributed by atoms with E-state index in [9.17, 15) is 0 Å². The molecule has 0 bridgehead atoms. The van der Waals surface area contributed by atoms with Crippen LogP contribution in [-0.2, 0) is 0 Å². The van der Waals surface area contributed by atoms with Gasteiger partial charge in [-0.3, -0.25) is 0 Å². The summed E-state index contributed by atoms with van der Waals surface area (Å²) in [5, 5.41) is 9.13. The van der Waals surface area contributed by atoms with Crippen LogP contribution in [0.3, 0.4) is 0 Å². The van der Waals surface area contributed by atoms with E-state index in [4.69, 9.17) is 12.2 Å². The first-order chi connectivity index (χ1) is 4.34. The van der Waals surface area contributed by atoms with E-state index >= 15 is 0 Å². The molecule has 0 radical (unpaired) electrons. The molecule has 1 aliphatic heterocycles. The van der Waals surface area contributed by atoms with Crippen molar-refractivity contribution in [3.8, 4) is 0 Å². The summed E-state index contributed by atoms with van der Waals surface area (Å²) >= 11 is 4.90. The summed E-state index contributed by atoms with van der Waals surface area (Å²) in [6, 6.07) is 0. The number of hydrogen-bond donors (Lipinski definition) is 0. The highest BCUT2D eigenvalue weighted by Crippen LogP contribution is 2.02. The van der Waals surface area contributed by atoms with Crippen LogP contribution in [0.1, 0.15) is 0 Å². The molecule has 0 amide bonds. The summed E-state index contributed by atoms with van der Waals surface area (Å²) in [6.45, 7) is 4.78. The summed E-state index contributed by atoms with van der Waals surface area (Å²) in [7, 11) is 0. The van der Waals surface area contributed by atoms with E-state index in [1.54, 1.807) is 11.1 Å². The number of hydrogen-bond acceptors (Lipinski definition) is 3. The molecule has 1 aliphatic rings. The van der Waals surface area contributed by atoms with Gasteiger partial charge in [-0.2, -0.15) is 5.11 Å². The minimum atomic E-state index is 0.559. The lowest BCUT2D eigenvalue weighted by atomic mass is 10.5. The van der Waals surface area contributed by atoms with Crippen LogP contribution >= 0.6 is 12.2 Å². The maximum Gasteiger partial charge on any atom is 0.125 e. The van der Waals surface area contributed by atoms with Gasteiger partial charge in [-0.1, -0.05) is 23.5 Å². The molecular formula is C5H7N3S. The van der Waals surface area contributed by atoms with Crippen molar-refractivity contribution in [1.82, 2.24) is 5.01 Å². The Bertz CT molecular complexity index is 164. The second-order valence-corrected chi connectivity index (χ2v) is 2.12. The lowest BCUT2D eigenvalue weighted by Crippen LogP contribution is -2.20. The van der Waals surface area contributed by atoms with Gasteiger partial charge in [0.2, 0.25) is 0 Å². The minimum absolute atomic E-state index is 0.559. The van der Waals surface area contributed by atoms with Gasteiger partial charge in [-0.05, 0) is 0 Å². The Morgan fingerprint density at radius 1 is 1.89 bits per heavy atom. The Labute approximate surface area is 59.0 Å². The normalized spacial score (nSPS) is 16.9. The fraction of sp³-hybridized carbons (Fsp3) is 0.400. The van der Waals surface area contributed by atoms with Crippen LogP contribution in [0, 0.1) is 0 Å². The molecule has 0 saturated heterocycles. The lowest BCUT2D eigenvalue weighted by molar-refractivity contribution is 0.494. The molecule has 0 aromatic rings. The van der Waals surface area contributed by atoms with Crippen molar-refractivity contribution >= 4 is 17.2 Å². The third-order valence-electron chi connectivity index (χ3n) is 0.967. The van der Waals surface area contributed by atoms with Crippen LogP contribution in [-0.4, -0.2) is 23.1 Å². The van der Waals surface area contributed by atoms with E-state index in [0.29, 0.717) is 13.1 Å². The minimum Gasteiger partial charge on any atom is -0.235 e. The topological polar surface area (TPSA) is 28.0 Å². The molecule has 48 valence electrons. The van der Waals surface area contributed by atoms with E-state index in [-0.39, 0.29) is 0 Å². The summed E-state index contributed by atoms with van der Waals surface area (Å²) < 4.78 is 0. The van der Waals surface area contributed by atoms with Gasteiger partial charge >= 0.3 is 0 Å². The highest BCUT2D eigenvalue weighted by Gasteiger charge is 2.10. The van der Waals surface area contributed by atoms with E-state index in [1.807, 2.05) is 0 Å². The Hall–Kier alpha value is -0.770. The average molecular weight is 141 g/mol. The smallest absolute Gasteiger partial charge is 0.125 e. The molecule has 0 aromatic heterocycles. The van der Waals surface area contributed by atoms with Crippen molar-refractivity contribution in [3.05, 3.63) is 12.7 Å². The molecule has 0 fully saturated rings. The van der Waals surface area contributed by atoms with E-state index < -0.39 is 0 Å². The monoisotopic (exact) mass is 141 g/mol. The van der Waals surface area contributed by atoms with Crippen LogP contribution in [0.15, 0.2) is 23.0 Å². The second-order valence-electron chi connectivity index (χ2n) is 1.65. The van der Waals surface area contributed by atoms with Crippen LogP contribution in [0.4, 0.5) is 0 Å². The van der Waals surface area contributed by atoms with E-state index in [2.05, 4.69) is 16.9 Å². The van der Waals surface area contributed by atoms with Gasteiger partial charge in [-0.25, -0.2) is 5.01 Å². The summed E-state index contributed by atoms with van der Waals surface area (Å²) in [5.41, 5.74) is 0. The molecule has 0 spiro atoms. The largest absolute Gasteiger partial charge is 0.235 e. The quantitative estimate of drug-likeness (QED) is 0.426. The van der Waals surface area contributed by atoms with Crippen molar-refractivity contribution in [2.24, 2.45) is 10.3 Å². The van der Waals surface area contributed by atoms with Gasteiger partial charge in [0, 0.05) is 0 Å². The molecule has 0 aromatic carbocycles. The predicted molar refractivity (Wildman–Crippen MR) is 39.2 cm³/mol. The average Bonchev–Trinajstić information content (AvgIpc) is 2.18. The van der Waals surface area contributed by atoms with Crippen LogP contribution in [0.5, 0.6) is 0 Å². The summed E-state index contributed by atoms with van der Waals surface area (Å²) in [5.74, 6) is 0. The van der Waals surface area contributed by atoms with Crippen LogP contribution in [0.25, 0.3) is 0 Å². The van der Waals surface area contributed by atoms with Gasteiger partial charge < -0.3 is 0 Å². The zero-order chi connectivity index (χ0) is 6.69. The zero-order valence-corrected chi connectivity index (χ0v) is 5.77. The molecule has 0 saturated carbocycles. The summed E-state index contributed by atoms with van der Waals surface area (Å²) in [4.78, 5) is 0.773. The van der Waals surface area contributed by atoms with Crippen molar-refractivity contribution in [2.45, 2.75) is 0 Å². The fourth-order valence-corrected chi connectivity index (χ4v) is 0.729. The van der Waals surface area contributed by atoms with Crippen LogP contribution in [0.2, 0.25) is 0 Å². The third kappa shape index (κ3) is 1.32. The molecule has 1 rings (SSSR count). The Morgan fingerprint density at radius 2 is 2.67 bits per heavy atom. The van der Waals surface area contributed by atoms with Crippen molar-refractivity contribution in [1.29, 1.82) is 0 Å². The van der Waals surface area contributed by atoms with E-state index in [1.165, 1.54) is 0 Å². The van der Waals surface area contributed by atoms with Crippen LogP contribution < -0.4 is 0 Å². The van der Waals surface area contributed by atoms with Gasteiger partial charge in [0.25, 0.3) is 0 Å². The van der Waals surface area contributed by atoms with Gasteiger partial charge in [-0.15, -0.1) is 6.58 Å². The maximum atomic E-state index is 4.90. The first-order valence-corrected chi connectivity index (χ1v) is 3.04. The predicted octanol–water partition coefficient (Wildman–Crippen LogP) is 1.18. The standard InChI is InChI=1S/C5H7N3S/c1-2-3-8-5(9)4-6-7-8/h2H,1,3-4H2. The first-order valence-electron chi connectivity index (χ1n) is 2.63. The van der Waals surface area contributed by atoms with Gasteiger partial charge in [0.1, 0.15) is 11.5 Å². The molecule has 0 aliphatic carbocycles. The molecule has 0 N–H and O–H groups in total. The number of rotatable bonds is 2. The van der Waals surface area contributed by atoms with Crippen molar-refractivity contribution in [3.63, 3.8) is 0 Å². The lowest BCUT2D eigenvalue weighted by Gasteiger charge is -2.06. The molecule has 4 heteroatoms. The van der Waals surface area contributed by atoms with Crippen molar-refractivity contribution < 1.29 is 0 Å². The van der Waals surface area contributed by atoms with Crippen molar-refractivity contribution in [2.75, 3.05) is 13.1 Å². The van der Waals surface area contributed by atoms with E-state index in [0.717, 1.165) is 4.99 Å². The number of thiocarbonyl (C=S) groups is 1. The Kier molecular flexibility index (Phi) is 1.89.